The van der Waals surface area contributed by atoms with Crippen LogP contribution in [0.15, 0.2) is 35.7 Å². The summed E-state index contributed by atoms with van der Waals surface area (Å²) in [5.74, 6) is -0.333. The highest BCUT2D eigenvalue weighted by Crippen LogP contribution is 2.19. The standard InChI is InChI=1S/C14H13FN2S/c1-10(14-3-2-6-18-14)17-9-12-5-4-11(8-16)7-13(12)15/h2-7,10,17H,9H2,1H3. The summed E-state index contributed by atoms with van der Waals surface area (Å²) < 4.78 is 13.6. The Labute approximate surface area is 110 Å². The summed E-state index contributed by atoms with van der Waals surface area (Å²) in [5, 5.41) is 14.0. The Morgan fingerprint density at radius 2 is 2.28 bits per heavy atom. The van der Waals surface area contributed by atoms with Gasteiger partial charge in [0, 0.05) is 23.0 Å². The highest BCUT2D eigenvalue weighted by molar-refractivity contribution is 7.10. The van der Waals surface area contributed by atoms with E-state index in [9.17, 15) is 4.39 Å². The number of halogens is 1. The van der Waals surface area contributed by atoms with Gasteiger partial charge in [-0.15, -0.1) is 11.3 Å². The van der Waals surface area contributed by atoms with Gasteiger partial charge >= 0.3 is 0 Å². The monoisotopic (exact) mass is 260 g/mol. The Kier molecular flexibility index (Phi) is 4.08. The van der Waals surface area contributed by atoms with E-state index in [1.807, 2.05) is 24.4 Å². The number of hydrogen-bond donors (Lipinski definition) is 1. The Bertz CT molecular complexity index is 558. The topological polar surface area (TPSA) is 35.8 Å². The summed E-state index contributed by atoms with van der Waals surface area (Å²) in [6.07, 6.45) is 0. The molecule has 0 saturated carbocycles. The van der Waals surface area contributed by atoms with Crippen molar-refractivity contribution >= 4 is 11.3 Å². The van der Waals surface area contributed by atoms with E-state index in [0.29, 0.717) is 17.7 Å². The third-order valence-corrected chi connectivity index (χ3v) is 3.81. The zero-order valence-electron chi connectivity index (χ0n) is 9.98. The quantitative estimate of drug-likeness (QED) is 0.911. The lowest BCUT2D eigenvalue weighted by Crippen LogP contribution is -2.17. The normalized spacial score (nSPS) is 12.1. The SMILES string of the molecule is CC(NCc1ccc(C#N)cc1F)c1cccs1. The maximum absolute atomic E-state index is 13.6. The van der Waals surface area contributed by atoms with Crippen molar-refractivity contribution in [1.82, 2.24) is 5.32 Å². The molecule has 0 amide bonds. The number of hydrogen-bond acceptors (Lipinski definition) is 3. The maximum atomic E-state index is 13.6. The summed E-state index contributed by atoms with van der Waals surface area (Å²) in [7, 11) is 0. The van der Waals surface area contributed by atoms with Crippen molar-refractivity contribution in [3.05, 3.63) is 57.5 Å². The van der Waals surface area contributed by atoms with Crippen LogP contribution >= 0.6 is 11.3 Å². The molecule has 0 aliphatic carbocycles. The van der Waals surface area contributed by atoms with Gasteiger partial charge in [-0.2, -0.15) is 5.26 Å². The third kappa shape index (κ3) is 2.95. The van der Waals surface area contributed by atoms with Crippen molar-refractivity contribution < 1.29 is 4.39 Å². The first-order valence-electron chi connectivity index (χ1n) is 5.66. The van der Waals surface area contributed by atoms with Crippen LogP contribution in [0.4, 0.5) is 4.39 Å². The molecule has 92 valence electrons. The maximum Gasteiger partial charge on any atom is 0.129 e. The van der Waals surface area contributed by atoms with Gasteiger partial charge in [-0.05, 0) is 30.5 Å². The van der Waals surface area contributed by atoms with E-state index in [-0.39, 0.29) is 11.9 Å². The van der Waals surface area contributed by atoms with Crippen LogP contribution in [0.25, 0.3) is 0 Å². The fourth-order valence-corrected chi connectivity index (χ4v) is 2.42. The number of nitrogens with one attached hydrogen (secondary N) is 1. The molecule has 2 aromatic rings. The first-order valence-corrected chi connectivity index (χ1v) is 6.54. The zero-order chi connectivity index (χ0) is 13.0. The summed E-state index contributed by atoms with van der Waals surface area (Å²) in [4.78, 5) is 1.23. The predicted molar refractivity (Wildman–Crippen MR) is 70.7 cm³/mol. The van der Waals surface area contributed by atoms with Gasteiger partial charge in [0.2, 0.25) is 0 Å². The average molecular weight is 260 g/mol. The van der Waals surface area contributed by atoms with Gasteiger partial charge in [0.15, 0.2) is 0 Å². The molecule has 1 N–H and O–H groups in total. The first kappa shape index (κ1) is 12.7. The summed E-state index contributed by atoms with van der Waals surface area (Å²) in [5.41, 5.74) is 0.931. The highest BCUT2D eigenvalue weighted by atomic mass is 32.1. The lowest BCUT2D eigenvalue weighted by atomic mass is 10.1. The fourth-order valence-electron chi connectivity index (χ4n) is 1.66. The Morgan fingerprint density at radius 1 is 1.44 bits per heavy atom. The van der Waals surface area contributed by atoms with Gasteiger partial charge in [-0.25, -0.2) is 4.39 Å². The highest BCUT2D eigenvalue weighted by Gasteiger charge is 2.08. The van der Waals surface area contributed by atoms with Crippen molar-refractivity contribution in [3.63, 3.8) is 0 Å². The molecule has 1 unspecified atom stereocenters. The molecule has 0 spiro atoms. The van der Waals surface area contributed by atoms with Crippen LogP contribution in [0.3, 0.4) is 0 Å². The number of nitrogens with zero attached hydrogens (tertiary/aromatic N) is 1. The van der Waals surface area contributed by atoms with Crippen LogP contribution in [0.1, 0.15) is 29.0 Å². The summed E-state index contributed by atoms with van der Waals surface area (Å²) >= 11 is 1.68. The summed E-state index contributed by atoms with van der Waals surface area (Å²) in [6, 6.07) is 10.7. The van der Waals surface area contributed by atoms with E-state index in [0.717, 1.165) is 0 Å². The molecule has 0 bridgehead atoms. The number of benzene rings is 1. The van der Waals surface area contributed by atoms with Gasteiger partial charge in [0.05, 0.1) is 11.6 Å². The zero-order valence-corrected chi connectivity index (χ0v) is 10.8. The molecule has 2 rings (SSSR count). The molecule has 0 fully saturated rings. The summed E-state index contributed by atoms with van der Waals surface area (Å²) in [6.45, 7) is 2.50. The molecular weight excluding hydrogens is 247 g/mol. The van der Waals surface area contributed by atoms with Crippen LogP contribution in [0, 0.1) is 17.1 Å². The molecule has 1 aromatic carbocycles. The first-order chi connectivity index (χ1) is 8.70. The Hall–Kier alpha value is -1.70. The van der Waals surface area contributed by atoms with E-state index in [1.165, 1.54) is 10.9 Å². The lowest BCUT2D eigenvalue weighted by Gasteiger charge is -2.12. The van der Waals surface area contributed by atoms with E-state index >= 15 is 0 Å². The number of nitriles is 1. The molecular formula is C14H13FN2S. The fraction of sp³-hybridized carbons (Fsp3) is 0.214. The second-order valence-corrected chi connectivity index (χ2v) is 5.02. The molecule has 0 saturated heterocycles. The molecule has 0 aliphatic rings. The van der Waals surface area contributed by atoms with Crippen LogP contribution in [0.2, 0.25) is 0 Å². The van der Waals surface area contributed by atoms with Crippen molar-refractivity contribution in [2.45, 2.75) is 19.5 Å². The van der Waals surface area contributed by atoms with Crippen LogP contribution in [-0.2, 0) is 6.54 Å². The van der Waals surface area contributed by atoms with E-state index in [4.69, 9.17) is 5.26 Å². The number of thiophene rings is 1. The van der Waals surface area contributed by atoms with Crippen LogP contribution in [0.5, 0.6) is 0 Å². The molecule has 2 nitrogen and oxygen atoms in total. The van der Waals surface area contributed by atoms with Gasteiger partial charge < -0.3 is 5.32 Å². The predicted octanol–water partition coefficient (Wildman–Crippen LogP) is 3.61. The average Bonchev–Trinajstić information content (AvgIpc) is 2.90. The van der Waals surface area contributed by atoms with E-state index in [1.54, 1.807) is 23.5 Å². The minimum Gasteiger partial charge on any atom is -0.305 e. The molecule has 0 radical (unpaired) electrons. The minimum absolute atomic E-state index is 0.194. The largest absolute Gasteiger partial charge is 0.305 e. The lowest BCUT2D eigenvalue weighted by molar-refractivity contribution is 0.549. The van der Waals surface area contributed by atoms with Crippen molar-refractivity contribution in [2.75, 3.05) is 0 Å². The molecule has 18 heavy (non-hydrogen) atoms. The molecule has 4 heteroatoms. The van der Waals surface area contributed by atoms with Gasteiger partial charge in [-0.1, -0.05) is 12.1 Å². The molecule has 1 atom stereocenters. The minimum atomic E-state index is -0.333. The van der Waals surface area contributed by atoms with E-state index < -0.39 is 0 Å². The number of rotatable bonds is 4. The van der Waals surface area contributed by atoms with Gasteiger partial charge in [0.1, 0.15) is 5.82 Å². The van der Waals surface area contributed by atoms with Crippen molar-refractivity contribution in [1.29, 1.82) is 5.26 Å². The van der Waals surface area contributed by atoms with Crippen molar-refractivity contribution in [3.8, 4) is 6.07 Å². The second kappa shape index (κ2) is 5.76. The Balaban J connectivity index is 2.00. The molecule has 0 aliphatic heterocycles. The molecule has 1 heterocycles. The van der Waals surface area contributed by atoms with Crippen LogP contribution < -0.4 is 5.32 Å². The Morgan fingerprint density at radius 3 is 2.89 bits per heavy atom. The van der Waals surface area contributed by atoms with Crippen LogP contribution in [-0.4, -0.2) is 0 Å². The van der Waals surface area contributed by atoms with E-state index in [2.05, 4.69) is 11.4 Å². The third-order valence-electron chi connectivity index (χ3n) is 2.75. The van der Waals surface area contributed by atoms with Gasteiger partial charge in [0.25, 0.3) is 0 Å². The van der Waals surface area contributed by atoms with Gasteiger partial charge in [-0.3, -0.25) is 0 Å². The van der Waals surface area contributed by atoms with Crippen molar-refractivity contribution in [2.24, 2.45) is 0 Å². The molecule has 1 aromatic heterocycles. The smallest absolute Gasteiger partial charge is 0.129 e. The second-order valence-electron chi connectivity index (χ2n) is 4.04.